The minimum atomic E-state index is -0.0745. The maximum Gasteiger partial charge on any atom is 0.251 e. The van der Waals surface area contributed by atoms with Crippen LogP contribution in [0.1, 0.15) is 23.2 Å². The molecule has 3 rings (SSSR count). The van der Waals surface area contributed by atoms with E-state index >= 15 is 0 Å². The molecule has 0 saturated heterocycles. The first kappa shape index (κ1) is 12.3. The van der Waals surface area contributed by atoms with Crippen molar-refractivity contribution in [1.29, 1.82) is 0 Å². The van der Waals surface area contributed by atoms with Gasteiger partial charge in [-0.05, 0) is 31.0 Å². The SMILES string of the molecule is O=C(NCCNC1CC1)c1ccc2c(c1)OCCO2. The number of carbonyl (C=O) groups excluding carboxylic acids is 1. The Kier molecular flexibility index (Phi) is 3.55. The Morgan fingerprint density at radius 1 is 1.16 bits per heavy atom. The Balaban J connectivity index is 1.53. The molecule has 5 heteroatoms. The van der Waals surface area contributed by atoms with Gasteiger partial charge >= 0.3 is 0 Å². The lowest BCUT2D eigenvalue weighted by Crippen LogP contribution is -2.32. The fourth-order valence-corrected chi connectivity index (χ4v) is 2.03. The molecule has 1 aliphatic heterocycles. The average molecular weight is 262 g/mol. The number of ether oxygens (including phenoxy) is 2. The molecule has 0 unspecified atom stereocenters. The third kappa shape index (κ3) is 3.17. The number of nitrogens with one attached hydrogen (secondary N) is 2. The van der Waals surface area contributed by atoms with E-state index in [2.05, 4.69) is 10.6 Å². The third-order valence-corrected chi connectivity index (χ3v) is 3.23. The predicted octanol–water partition coefficient (Wildman–Crippen LogP) is 0.940. The summed E-state index contributed by atoms with van der Waals surface area (Å²) in [6, 6.07) is 5.95. The summed E-state index contributed by atoms with van der Waals surface area (Å²) in [6.07, 6.45) is 2.52. The van der Waals surface area contributed by atoms with Crippen molar-refractivity contribution in [2.75, 3.05) is 26.3 Å². The van der Waals surface area contributed by atoms with Crippen LogP contribution in [0, 0.1) is 0 Å². The summed E-state index contributed by atoms with van der Waals surface area (Å²) in [5.74, 6) is 1.28. The second kappa shape index (κ2) is 5.48. The highest BCUT2D eigenvalue weighted by Crippen LogP contribution is 2.30. The highest BCUT2D eigenvalue weighted by atomic mass is 16.6. The highest BCUT2D eigenvalue weighted by Gasteiger charge is 2.19. The zero-order valence-electron chi connectivity index (χ0n) is 10.8. The van der Waals surface area contributed by atoms with Gasteiger partial charge in [0, 0.05) is 24.7 Å². The smallest absolute Gasteiger partial charge is 0.251 e. The Labute approximate surface area is 112 Å². The minimum Gasteiger partial charge on any atom is -0.486 e. The van der Waals surface area contributed by atoms with Crippen molar-refractivity contribution in [2.45, 2.75) is 18.9 Å². The van der Waals surface area contributed by atoms with Crippen LogP contribution in [-0.2, 0) is 0 Å². The van der Waals surface area contributed by atoms with Gasteiger partial charge in [-0.2, -0.15) is 0 Å². The number of benzene rings is 1. The van der Waals surface area contributed by atoms with Gasteiger partial charge in [0.15, 0.2) is 11.5 Å². The summed E-state index contributed by atoms with van der Waals surface area (Å²) >= 11 is 0. The largest absolute Gasteiger partial charge is 0.486 e. The van der Waals surface area contributed by atoms with E-state index in [9.17, 15) is 4.79 Å². The maximum absolute atomic E-state index is 12.0. The molecule has 1 fully saturated rings. The molecule has 19 heavy (non-hydrogen) atoms. The van der Waals surface area contributed by atoms with Crippen molar-refractivity contribution in [3.63, 3.8) is 0 Å². The number of carbonyl (C=O) groups is 1. The van der Waals surface area contributed by atoms with Gasteiger partial charge in [-0.3, -0.25) is 4.79 Å². The lowest BCUT2D eigenvalue weighted by molar-refractivity contribution is 0.0952. The lowest BCUT2D eigenvalue weighted by Gasteiger charge is -2.18. The monoisotopic (exact) mass is 262 g/mol. The van der Waals surface area contributed by atoms with Crippen LogP contribution >= 0.6 is 0 Å². The van der Waals surface area contributed by atoms with E-state index in [1.165, 1.54) is 12.8 Å². The number of rotatable bonds is 5. The number of hydrogen-bond donors (Lipinski definition) is 2. The molecule has 1 heterocycles. The summed E-state index contributed by atoms with van der Waals surface area (Å²) < 4.78 is 10.9. The Bertz CT molecular complexity index is 472. The molecule has 0 bridgehead atoms. The highest BCUT2D eigenvalue weighted by molar-refractivity contribution is 5.94. The van der Waals surface area contributed by atoms with Crippen molar-refractivity contribution in [3.8, 4) is 11.5 Å². The lowest BCUT2D eigenvalue weighted by atomic mass is 10.2. The summed E-state index contributed by atoms with van der Waals surface area (Å²) in [6.45, 7) is 2.56. The summed E-state index contributed by atoms with van der Waals surface area (Å²) in [7, 11) is 0. The molecular weight excluding hydrogens is 244 g/mol. The molecule has 5 nitrogen and oxygen atoms in total. The quantitative estimate of drug-likeness (QED) is 0.775. The van der Waals surface area contributed by atoms with Crippen LogP contribution in [0.3, 0.4) is 0 Å². The second-order valence-corrected chi connectivity index (χ2v) is 4.84. The predicted molar refractivity (Wildman–Crippen MR) is 70.8 cm³/mol. The molecule has 102 valence electrons. The van der Waals surface area contributed by atoms with Gasteiger partial charge in [-0.1, -0.05) is 0 Å². The van der Waals surface area contributed by atoms with E-state index in [1.807, 2.05) is 0 Å². The first-order valence-electron chi connectivity index (χ1n) is 6.74. The molecule has 1 aliphatic carbocycles. The normalized spacial score (nSPS) is 17.1. The van der Waals surface area contributed by atoms with Crippen LogP contribution in [0.4, 0.5) is 0 Å². The van der Waals surface area contributed by atoms with Crippen molar-refractivity contribution in [2.24, 2.45) is 0 Å². The van der Waals surface area contributed by atoms with Crippen molar-refractivity contribution >= 4 is 5.91 Å². The Morgan fingerprint density at radius 3 is 2.74 bits per heavy atom. The van der Waals surface area contributed by atoms with E-state index in [-0.39, 0.29) is 5.91 Å². The fourth-order valence-electron chi connectivity index (χ4n) is 2.03. The Hall–Kier alpha value is -1.75. The number of hydrogen-bond acceptors (Lipinski definition) is 4. The van der Waals surface area contributed by atoms with Crippen LogP contribution in [0.2, 0.25) is 0 Å². The van der Waals surface area contributed by atoms with Crippen LogP contribution < -0.4 is 20.1 Å². The number of fused-ring (bicyclic) bond motifs is 1. The van der Waals surface area contributed by atoms with E-state index in [1.54, 1.807) is 18.2 Å². The van der Waals surface area contributed by atoms with E-state index < -0.39 is 0 Å². The van der Waals surface area contributed by atoms with Gasteiger partial charge in [0.25, 0.3) is 5.91 Å². The van der Waals surface area contributed by atoms with Gasteiger partial charge in [0.2, 0.25) is 0 Å². The van der Waals surface area contributed by atoms with E-state index in [0.717, 1.165) is 6.54 Å². The van der Waals surface area contributed by atoms with Gasteiger partial charge in [-0.25, -0.2) is 0 Å². The average Bonchev–Trinajstić information content (AvgIpc) is 3.27. The molecule has 1 amide bonds. The summed E-state index contributed by atoms with van der Waals surface area (Å²) in [4.78, 5) is 12.0. The third-order valence-electron chi connectivity index (χ3n) is 3.23. The van der Waals surface area contributed by atoms with Gasteiger partial charge in [0.1, 0.15) is 13.2 Å². The molecule has 2 N–H and O–H groups in total. The van der Waals surface area contributed by atoms with Gasteiger partial charge in [-0.15, -0.1) is 0 Å². The molecule has 2 aliphatic rings. The molecule has 0 atom stereocenters. The standard InChI is InChI=1S/C14H18N2O3/c17-14(16-6-5-15-11-2-3-11)10-1-4-12-13(9-10)19-8-7-18-12/h1,4,9,11,15H,2-3,5-8H2,(H,16,17). The van der Waals surface area contributed by atoms with Gasteiger partial charge < -0.3 is 20.1 Å². The summed E-state index contributed by atoms with van der Waals surface area (Å²) in [5.41, 5.74) is 0.607. The first-order chi connectivity index (χ1) is 9.33. The van der Waals surface area contributed by atoms with Crippen LogP contribution in [0.25, 0.3) is 0 Å². The first-order valence-corrected chi connectivity index (χ1v) is 6.74. The van der Waals surface area contributed by atoms with Crippen LogP contribution in [0.15, 0.2) is 18.2 Å². The second-order valence-electron chi connectivity index (χ2n) is 4.84. The van der Waals surface area contributed by atoms with Crippen molar-refractivity contribution < 1.29 is 14.3 Å². The maximum atomic E-state index is 12.0. The molecule has 0 spiro atoms. The van der Waals surface area contributed by atoms with Crippen molar-refractivity contribution in [1.82, 2.24) is 10.6 Å². The molecule has 1 saturated carbocycles. The number of amides is 1. The molecule has 0 aromatic heterocycles. The van der Waals surface area contributed by atoms with Gasteiger partial charge in [0.05, 0.1) is 0 Å². The topological polar surface area (TPSA) is 59.6 Å². The zero-order valence-corrected chi connectivity index (χ0v) is 10.8. The molecule has 1 aromatic carbocycles. The van der Waals surface area contributed by atoms with E-state index in [4.69, 9.17) is 9.47 Å². The van der Waals surface area contributed by atoms with Crippen molar-refractivity contribution in [3.05, 3.63) is 23.8 Å². The molecule has 1 aromatic rings. The summed E-state index contributed by atoms with van der Waals surface area (Å²) in [5, 5.41) is 6.25. The van der Waals surface area contributed by atoms with Crippen LogP contribution in [-0.4, -0.2) is 38.3 Å². The minimum absolute atomic E-state index is 0.0745. The zero-order chi connectivity index (χ0) is 13.1. The molecular formula is C14H18N2O3. The van der Waals surface area contributed by atoms with Crippen LogP contribution in [0.5, 0.6) is 11.5 Å². The van der Waals surface area contributed by atoms with E-state index in [0.29, 0.717) is 42.9 Å². The molecule has 0 radical (unpaired) electrons. The fraction of sp³-hybridized carbons (Fsp3) is 0.500. The Morgan fingerprint density at radius 2 is 1.95 bits per heavy atom.